The maximum atomic E-state index is 13.4. The maximum absolute atomic E-state index is 13.4. The van der Waals surface area contributed by atoms with E-state index in [1.165, 1.54) is 4.31 Å². The number of hydrogen-bond donors (Lipinski definition) is 0. The van der Waals surface area contributed by atoms with Crippen LogP contribution in [0.15, 0.2) is 46.7 Å². The summed E-state index contributed by atoms with van der Waals surface area (Å²) in [6.45, 7) is 5.05. The lowest BCUT2D eigenvalue weighted by atomic mass is 9.96. The van der Waals surface area contributed by atoms with Crippen molar-refractivity contribution < 1.29 is 22.7 Å². The number of hydrogen-bond acceptors (Lipinski definition) is 6. The van der Waals surface area contributed by atoms with Crippen molar-refractivity contribution in [2.75, 3.05) is 32.8 Å². The fraction of sp³-hybridized carbons (Fsp3) is 0.542. The van der Waals surface area contributed by atoms with E-state index < -0.39 is 10.0 Å². The Kier molecular flexibility index (Phi) is 8.06. The number of carbonyl (C=O) groups is 1. The summed E-state index contributed by atoms with van der Waals surface area (Å²) in [4.78, 5) is 16.8. The summed E-state index contributed by atoms with van der Waals surface area (Å²) < 4.78 is 38.9. The van der Waals surface area contributed by atoms with E-state index in [0.29, 0.717) is 51.4 Å². The van der Waals surface area contributed by atoms with Gasteiger partial charge in [0.2, 0.25) is 15.9 Å². The van der Waals surface area contributed by atoms with Gasteiger partial charge in [-0.25, -0.2) is 8.42 Å². The van der Waals surface area contributed by atoms with Crippen LogP contribution in [0, 0.1) is 5.92 Å². The molecule has 0 saturated carbocycles. The predicted molar refractivity (Wildman–Crippen MR) is 128 cm³/mol. The zero-order chi connectivity index (χ0) is 23.3. The lowest BCUT2D eigenvalue weighted by Gasteiger charge is -2.34. The minimum Gasteiger partial charge on any atom is -0.494 e. The summed E-state index contributed by atoms with van der Waals surface area (Å²) in [5, 5.41) is 2.02. The molecule has 1 aromatic heterocycles. The van der Waals surface area contributed by atoms with Crippen molar-refractivity contribution in [3.05, 3.63) is 46.7 Å². The molecular weight excluding hydrogens is 460 g/mol. The highest BCUT2D eigenvalue weighted by molar-refractivity contribution is 7.89. The van der Waals surface area contributed by atoms with Crippen LogP contribution in [0.4, 0.5) is 0 Å². The van der Waals surface area contributed by atoms with Crippen LogP contribution in [0.5, 0.6) is 5.75 Å². The lowest BCUT2D eigenvalue weighted by Crippen LogP contribution is -2.45. The van der Waals surface area contributed by atoms with Crippen molar-refractivity contribution in [1.82, 2.24) is 9.21 Å². The monoisotopic (exact) mass is 492 g/mol. The van der Waals surface area contributed by atoms with Crippen LogP contribution >= 0.6 is 11.3 Å². The number of benzene rings is 1. The van der Waals surface area contributed by atoms with Gasteiger partial charge in [0, 0.05) is 37.0 Å². The number of rotatable bonds is 9. The van der Waals surface area contributed by atoms with Crippen LogP contribution in [0.3, 0.4) is 0 Å². The fourth-order valence-electron chi connectivity index (χ4n) is 4.48. The number of ether oxygens (including phenoxy) is 2. The Morgan fingerprint density at radius 1 is 1.18 bits per heavy atom. The molecule has 4 rings (SSSR count). The van der Waals surface area contributed by atoms with E-state index in [1.807, 2.05) is 29.3 Å². The number of thiophene rings is 1. The van der Waals surface area contributed by atoms with E-state index in [9.17, 15) is 13.2 Å². The van der Waals surface area contributed by atoms with E-state index in [-0.39, 0.29) is 22.8 Å². The van der Waals surface area contributed by atoms with Gasteiger partial charge in [0.05, 0.1) is 24.2 Å². The normalized spacial score (nSPS) is 20.1. The molecule has 180 valence electrons. The van der Waals surface area contributed by atoms with Crippen LogP contribution in [0.2, 0.25) is 0 Å². The Hall–Kier alpha value is -1.94. The van der Waals surface area contributed by atoms with Gasteiger partial charge in [-0.2, -0.15) is 4.31 Å². The quantitative estimate of drug-likeness (QED) is 0.533. The molecule has 33 heavy (non-hydrogen) atoms. The molecule has 0 radical (unpaired) electrons. The second kappa shape index (κ2) is 11.0. The maximum Gasteiger partial charge on any atom is 0.243 e. The third-order valence-electron chi connectivity index (χ3n) is 6.26. The SMILES string of the molecule is CCOc1ccc(S(=O)(=O)N2CCC(C(=O)N(Cc3cccs3)CC3CCCO3)CC2)cc1. The molecule has 2 aliphatic heterocycles. The number of carbonyl (C=O) groups excluding carboxylic acids is 1. The van der Waals surface area contributed by atoms with Crippen LogP contribution in [-0.4, -0.2) is 62.5 Å². The smallest absolute Gasteiger partial charge is 0.243 e. The Morgan fingerprint density at radius 2 is 1.94 bits per heavy atom. The first kappa shape index (κ1) is 24.2. The summed E-state index contributed by atoms with van der Waals surface area (Å²) in [6.07, 6.45) is 3.16. The van der Waals surface area contributed by atoms with Gasteiger partial charge in [-0.15, -0.1) is 11.3 Å². The van der Waals surface area contributed by atoms with E-state index in [0.717, 1.165) is 24.3 Å². The minimum atomic E-state index is -3.59. The Labute approximate surface area is 200 Å². The largest absolute Gasteiger partial charge is 0.494 e. The lowest BCUT2D eigenvalue weighted by molar-refractivity contribution is -0.139. The molecule has 2 aromatic rings. The first-order chi connectivity index (χ1) is 16.0. The molecule has 0 aliphatic carbocycles. The molecule has 0 bridgehead atoms. The highest BCUT2D eigenvalue weighted by Crippen LogP contribution is 2.28. The van der Waals surface area contributed by atoms with E-state index in [2.05, 4.69) is 0 Å². The molecule has 9 heteroatoms. The molecule has 2 fully saturated rings. The summed E-state index contributed by atoms with van der Waals surface area (Å²) in [6, 6.07) is 10.6. The Bertz CT molecular complexity index is 994. The van der Waals surface area contributed by atoms with Gasteiger partial charge in [-0.05, 0) is 68.3 Å². The molecule has 3 heterocycles. The highest BCUT2D eigenvalue weighted by Gasteiger charge is 2.35. The van der Waals surface area contributed by atoms with Gasteiger partial charge in [-0.1, -0.05) is 6.07 Å². The molecule has 1 aromatic carbocycles. The summed E-state index contributed by atoms with van der Waals surface area (Å²) in [5.74, 6) is 0.591. The topological polar surface area (TPSA) is 76.2 Å². The van der Waals surface area contributed by atoms with Gasteiger partial charge in [0.1, 0.15) is 5.75 Å². The number of nitrogens with zero attached hydrogens (tertiary/aromatic N) is 2. The van der Waals surface area contributed by atoms with Crippen molar-refractivity contribution >= 4 is 27.3 Å². The Morgan fingerprint density at radius 3 is 2.55 bits per heavy atom. The molecule has 7 nitrogen and oxygen atoms in total. The van der Waals surface area contributed by atoms with E-state index in [4.69, 9.17) is 9.47 Å². The first-order valence-corrected chi connectivity index (χ1v) is 13.9. The average molecular weight is 493 g/mol. The minimum absolute atomic E-state index is 0.0917. The summed E-state index contributed by atoms with van der Waals surface area (Å²) >= 11 is 1.65. The first-order valence-electron chi connectivity index (χ1n) is 11.6. The second-order valence-electron chi connectivity index (χ2n) is 8.52. The number of sulfonamides is 1. The van der Waals surface area contributed by atoms with Crippen molar-refractivity contribution in [3.63, 3.8) is 0 Å². The third kappa shape index (κ3) is 5.95. The van der Waals surface area contributed by atoms with Crippen molar-refractivity contribution in [1.29, 1.82) is 0 Å². The standard InChI is InChI=1S/C24H32N2O5S2/c1-2-30-20-7-9-23(10-8-20)33(28,29)26-13-11-19(12-14-26)24(27)25(17-21-5-3-15-31-21)18-22-6-4-16-32-22/h4,6-10,16,19,21H,2-3,5,11-15,17-18H2,1H3. The highest BCUT2D eigenvalue weighted by atomic mass is 32.2. The van der Waals surface area contributed by atoms with Crippen molar-refractivity contribution in [3.8, 4) is 5.75 Å². The van der Waals surface area contributed by atoms with Crippen LogP contribution in [0.25, 0.3) is 0 Å². The molecule has 2 saturated heterocycles. The number of amides is 1. The third-order valence-corrected chi connectivity index (χ3v) is 9.04. The molecule has 2 aliphatic rings. The summed E-state index contributed by atoms with van der Waals surface area (Å²) in [5.41, 5.74) is 0. The molecule has 1 atom stereocenters. The van der Waals surface area contributed by atoms with E-state index >= 15 is 0 Å². The molecular formula is C24H32N2O5S2. The molecule has 1 unspecified atom stereocenters. The second-order valence-corrected chi connectivity index (χ2v) is 11.5. The predicted octanol–water partition coefficient (Wildman–Crippen LogP) is 3.76. The zero-order valence-corrected chi connectivity index (χ0v) is 20.7. The van der Waals surface area contributed by atoms with Crippen LogP contribution in [-0.2, 0) is 26.1 Å². The zero-order valence-electron chi connectivity index (χ0n) is 19.0. The molecule has 1 amide bonds. The average Bonchev–Trinajstić information content (AvgIpc) is 3.53. The van der Waals surface area contributed by atoms with Gasteiger partial charge in [0.15, 0.2) is 0 Å². The summed E-state index contributed by atoms with van der Waals surface area (Å²) in [7, 11) is -3.59. The molecule has 0 N–H and O–H groups in total. The number of piperidine rings is 1. The van der Waals surface area contributed by atoms with Gasteiger partial charge in [-0.3, -0.25) is 4.79 Å². The van der Waals surface area contributed by atoms with Crippen molar-refractivity contribution in [2.24, 2.45) is 5.92 Å². The molecule has 0 spiro atoms. The van der Waals surface area contributed by atoms with Crippen LogP contribution < -0.4 is 4.74 Å². The van der Waals surface area contributed by atoms with Gasteiger partial charge >= 0.3 is 0 Å². The van der Waals surface area contributed by atoms with E-state index in [1.54, 1.807) is 35.6 Å². The van der Waals surface area contributed by atoms with Gasteiger partial charge in [0.25, 0.3) is 0 Å². The fourth-order valence-corrected chi connectivity index (χ4v) is 6.67. The van der Waals surface area contributed by atoms with Crippen LogP contribution in [0.1, 0.15) is 37.5 Å². The van der Waals surface area contributed by atoms with Crippen molar-refractivity contribution in [2.45, 2.75) is 50.2 Å². The Balaban J connectivity index is 1.38. The van der Waals surface area contributed by atoms with Gasteiger partial charge < -0.3 is 14.4 Å².